The third-order valence-electron chi connectivity index (χ3n) is 2.35. The molecule has 0 saturated carbocycles. The fraction of sp³-hybridized carbons (Fsp3) is 0.333. The normalized spacial score (nSPS) is 11.1. The SMILES string of the molecule is CC(C)(CC(N)=O)Nc1cccc(Cl)c1C(N)=S. The van der Waals surface area contributed by atoms with Gasteiger partial charge in [0.1, 0.15) is 4.99 Å². The predicted molar refractivity (Wildman–Crippen MR) is 78.9 cm³/mol. The highest BCUT2D eigenvalue weighted by atomic mass is 35.5. The molecule has 0 saturated heterocycles. The molecule has 0 heterocycles. The maximum absolute atomic E-state index is 11.0. The van der Waals surface area contributed by atoms with Gasteiger partial charge in [-0.05, 0) is 26.0 Å². The lowest BCUT2D eigenvalue weighted by molar-refractivity contribution is -0.118. The van der Waals surface area contributed by atoms with Crippen LogP contribution in [0, 0.1) is 0 Å². The first-order valence-corrected chi connectivity index (χ1v) is 6.16. The Hall–Kier alpha value is -1.33. The van der Waals surface area contributed by atoms with Gasteiger partial charge in [-0.15, -0.1) is 0 Å². The summed E-state index contributed by atoms with van der Waals surface area (Å²) in [5, 5.41) is 3.66. The molecule has 0 radical (unpaired) electrons. The van der Waals surface area contributed by atoms with Crippen LogP contribution in [0.15, 0.2) is 18.2 Å². The number of thiocarbonyl (C=S) groups is 1. The van der Waals surface area contributed by atoms with Crippen LogP contribution in [0.25, 0.3) is 0 Å². The van der Waals surface area contributed by atoms with E-state index < -0.39 is 5.54 Å². The van der Waals surface area contributed by atoms with Crippen LogP contribution in [-0.4, -0.2) is 16.4 Å². The lowest BCUT2D eigenvalue weighted by atomic mass is 9.99. The number of nitrogens with two attached hydrogens (primary N) is 2. The number of carbonyl (C=O) groups excluding carboxylic acids is 1. The lowest BCUT2D eigenvalue weighted by Gasteiger charge is -2.27. The number of benzene rings is 1. The predicted octanol–water partition coefficient (Wildman–Crippen LogP) is 2.04. The smallest absolute Gasteiger partial charge is 0.219 e. The third kappa shape index (κ3) is 3.85. The van der Waals surface area contributed by atoms with Gasteiger partial charge in [-0.3, -0.25) is 4.79 Å². The topological polar surface area (TPSA) is 81.1 Å². The summed E-state index contributed by atoms with van der Waals surface area (Å²) in [6, 6.07) is 5.30. The minimum absolute atomic E-state index is 0.191. The molecule has 98 valence electrons. The van der Waals surface area contributed by atoms with Crippen LogP contribution in [0.5, 0.6) is 0 Å². The number of anilines is 1. The van der Waals surface area contributed by atoms with Crippen molar-refractivity contribution < 1.29 is 4.79 Å². The van der Waals surface area contributed by atoms with Crippen molar-refractivity contribution in [3.8, 4) is 0 Å². The Morgan fingerprint density at radius 2 is 2.06 bits per heavy atom. The zero-order valence-electron chi connectivity index (χ0n) is 10.3. The molecule has 18 heavy (non-hydrogen) atoms. The van der Waals surface area contributed by atoms with Crippen molar-refractivity contribution in [2.45, 2.75) is 25.8 Å². The number of halogens is 1. The first-order valence-electron chi connectivity index (χ1n) is 5.38. The maximum atomic E-state index is 11.0. The van der Waals surface area contributed by atoms with Crippen molar-refractivity contribution in [2.75, 3.05) is 5.32 Å². The minimum atomic E-state index is -0.504. The third-order valence-corrected chi connectivity index (χ3v) is 2.87. The molecule has 0 aromatic heterocycles. The lowest BCUT2D eigenvalue weighted by Crippen LogP contribution is -2.36. The van der Waals surface area contributed by atoms with Crippen molar-refractivity contribution >= 4 is 40.4 Å². The number of hydrogen-bond donors (Lipinski definition) is 3. The van der Waals surface area contributed by atoms with Gasteiger partial charge in [-0.2, -0.15) is 0 Å². The Labute approximate surface area is 117 Å². The average molecular weight is 286 g/mol. The molecule has 0 aliphatic carbocycles. The Kier molecular flexibility index (Phi) is 4.53. The summed E-state index contributed by atoms with van der Waals surface area (Å²) < 4.78 is 0. The summed E-state index contributed by atoms with van der Waals surface area (Å²) in [6.07, 6.45) is 0.191. The van der Waals surface area contributed by atoms with Crippen molar-refractivity contribution in [2.24, 2.45) is 11.5 Å². The number of rotatable bonds is 5. The van der Waals surface area contributed by atoms with Crippen LogP contribution < -0.4 is 16.8 Å². The van der Waals surface area contributed by atoms with Gasteiger partial charge in [-0.1, -0.05) is 29.9 Å². The van der Waals surface area contributed by atoms with Gasteiger partial charge in [0.2, 0.25) is 5.91 Å². The zero-order valence-corrected chi connectivity index (χ0v) is 11.9. The van der Waals surface area contributed by atoms with Crippen LogP contribution in [0.4, 0.5) is 5.69 Å². The Morgan fingerprint density at radius 1 is 1.44 bits per heavy atom. The van der Waals surface area contributed by atoms with E-state index in [-0.39, 0.29) is 17.3 Å². The summed E-state index contributed by atoms with van der Waals surface area (Å²) in [6.45, 7) is 3.73. The fourth-order valence-electron chi connectivity index (χ4n) is 1.72. The highest BCUT2D eigenvalue weighted by Gasteiger charge is 2.22. The average Bonchev–Trinajstić information content (AvgIpc) is 2.13. The summed E-state index contributed by atoms with van der Waals surface area (Å²) in [5.74, 6) is -0.383. The molecule has 1 amide bonds. The van der Waals surface area contributed by atoms with Gasteiger partial charge in [0.15, 0.2) is 0 Å². The molecule has 0 spiro atoms. The van der Waals surface area contributed by atoms with E-state index in [4.69, 9.17) is 35.3 Å². The molecule has 6 heteroatoms. The first kappa shape index (κ1) is 14.7. The first-order chi connectivity index (χ1) is 8.23. The van der Waals surface area contributed by atoms with E-state index >= 15 is 0 Å². The molecular formula is C12H16ClN3OS. The van der Waals surface area contributed by atoms with Crippen LogP contribution in [0.3, 0.4) is 0 Å². The second kappa shape index (κ2) is 5.54. The van der Waals surface area contributed by atoms with Crippen LogP contribution >= 0.6 is 23.8 Å². The van der Waals surface area contributed by atoms with E-state index in [1.54, 1.807) is 12.1 Å². The Bertz CT molecular complexity index is 488. The molecule has 0 unspecified atom stereocenters. The summed E-state index contributed by atoms with van der Waals surface area (Å²) in [5.41, 5.74) is 11.6. The van der Waals surface area contributed by atoms with E-state index in [1.165, 1.54) is 0 Å². The Morgan fingerprint density at radius 3 is 2.56 bits per heavy atom. The molecular weight excluding hydrogens is 270 g/mol. The molecule has 0 bridgehead atoms. The molecule has 0 fully saturated rings. The highest BCUT2D eigenvalue weighted by Crippen LogP contribution is 2.27. The van der Waals surface area contributed by atoms with E-state index in [0.29, 0.717) is 16.3 Å². The molecule has 0 atom stereocenters. The van der Waals surface area contributed by atoms with Crippen LogP contribution in [0.1, 0.15) is 25.8 Å². The Balaban J connectivity index is 3.08. The molecule has 0 aliphatic heterocycles. The van der Waals surface area contributed by atoms with Gasteiger partial charge < -0.3 is 16.8 Å². The summed E-state index contributed by atoms with van der Waals surface area (Å²) >= 11 is 11.0. The number of carbonyl (C=O) groups is 1. The molecule has 1 aromatic rings. The molecule has 5 N–H and O–H groups in total. The maximum Gasteiger partial charge on any atom is 0.219 e. The monoisotopic (exact) mass is 285 g/mol. The van der Waals surface area contributed by atoms with Crippen LogP contribution in [0.2, 0.25) is 5.02 Å². The minimum Gasteiger partial charge on any atom is -0.389 e. The van der Waals surface area contributed by atoms with Gasteiger partial charge in [-0.25, -0.2) is 0 Å². The van der Waals surface area contributed by atoms with Crippen molar-refractivity contribution in [1.82, 2.24) is 0 Å². The second-order valence-electron chi connectivity index (χ2n) is 4.68. The number of hydrogen-bond acceptors (Lipinski definition) is 3. The summed E-state index contributed by atoms with van der Waals surface area (Å²) in [7, 11) is 0. The number of amides is 1. The highest BCUT2D eigenvalue weighted by molar-refractivity contribution is 7.80. The summed E-state index contributed by atoms with van der Waals surface area (Å²) in [4.78, 5) is 11.2. The molecule has 0 aliphatic rings. The quantitative estimate of drug-likeness (QED) is 0.723. The largest absolute Gasteiger partial charge is 0.389 e. The number of nitrogens with one attached hydrogen (secondary N) is 1. The van der Waals surface area contributed by atoms with Crippen molar-refractivity contribution in [3.05, 3.63) is 28.8 Å². The van der Waals surface area contributed by atoms with Crippen LogP contribution in [-0.2, 0) is 4.79 Å². The second-order valence-corrected chi connectivity index (χ2v) is 5.53. The zero-order chi connectivity index (χ0) is 13.9. The van der Waals surface area contributed by atoms with Crippen molar-refractivity contribution in [1.29, 1.82) is 0 Å². The molecule has 4 nitrogen and oxygen atoms in total. The van der Waals surface area contributed by atoms with Gasteiger partial charge in [0.25, 0.3) is 0 Å². The van der Waals surface area contributed by atoms with Crippen molar-refractivity contribution in [3.63, 3.8) is 0 Å². The number of primary amides is 1. The van der Waals surface area contributed by atoms with Gasteiger partial charge in [0, 0.05) is 17.6 Å². The van der Waals surface area contributed by atoms with E-state index in [9.17, 15) is 4.79 Å². The standard InChI is InChI=1S/C12H16ClN3OS/c1-12(2,6-9(14)17)16-8-5-3-4-7(13)10(8)11(15)18/h3-5,16H,6H2,1-2H3,(H2,14,17)(H2,15,18). The van der Waals surface area contributed by atoms with Gasteiger partial charge in [0.05, 0.1) is 10.6 Å². The van der Waals surface area contributed by atoms with E-state index in [2.05, 4.69) is 5.32 Å². The molecule has 1 rings (SSSR count). The van der Waals surface area contributed by atoms with E-state index in [0.717, 1.165) is 0 Å². The van der Waals surface area contributed by atoms with E-state index in [1.807, 2.05) is 19.9 Å². The molecule has 1 aromatic carbocycles. The van der Waals surface area contributed by atoms with Gasteiger partial charge >= 0.3 is 0 Å². The fourth-order valence-corrected chi connectivity index (χ4v) is 2.28.